The van der Waals surface area contributed by atoms with Crippen LogP contribution in [0.3, 0.4) is 0 Å². The fourth-order valence-electron chi connectivity index (χ4n) is 2.07. The van der Waals surface area contributed by atoms with Gasteiger partial charge in [0.1, 0.15) is 0 Å². The summed E-state index contributed by atoms with van der Waals surface area (Å²) in [6.07, 6.45) is 0.856. The van der Waals surface area contributed by atoms with E-state index in [1.165, 1.54) is 4.31 Å². The molecule has 0 spiro atoms. The Hall–Kier alpha value is -0.860. The third-order valence-corrected chi connectivity index (χ3v) is 4.35. The summed E-state index contributed by atoms with van der Waals surface area (Å²) in [6, 6.07) is 0. The maximum atomic E-state index is 12.0. The molecule has 1 atom stereocenters. The van der Waals surface area contributed by atoms with Crippen molar-refractivity contribution in [1.82, 2.24) is 9.03 Å². The van der Waals surface area contributed by atoms with Crippen LogP contribution < -0.4 is 4.72 Å². The van der Waals surface area contributed by atoms with Crippen LogP contribution in [-0.2, 0) is 14.9 Å². The van der Waals surface area contributed by atoms with Gasteiger partial charge in [0.15, 0.2) is 0 Å². The van der Waals surface area contributed by atoms with Gasteiger partial charge in [-0.2, -0.15) is 12.7 Å². The summed E-state index contributed by atoms with van der Waals surface area (Å²) in [6.45, 7) is 4.03. The molecule has 1 saturated heterocycles. The van der Waals surface area contributed by atoms with E-state index in [1.807, 2.05) is 4.72 Å². The van der Waals surface area contributed by atoms with Gasteiger partial charge in [0.2, 0.25) is 0 Å². The fourth-order valence-corrected chi connectivity index (χ4v) is 3.24. The Kier molecular flexibility index (Phi) is 6.02. The largest absolute Gasteiger partial charge is 0.446 e. The highest BCUT2D eigenvalue weighted by molar-refractivity contribution is 7.87. The topological polar surface area (TPSA) is 95.9 Å². The van der Waals surface area contributed by atoms with Crippen LogP contribution >= 0.6 is 0 Å². The van der Waals surface area contributed by atoms with Crippen LogP contribution in [0.5, 0.6) is 0 Å². The maximum Gasteiger partial charge on any atom is 0.422 e. The van der Waals surface area contributed by atoms with Crippen LogP contribution in [0.4, 0.5) is 4.79 Å². The number of carbonyl (C=O) groups excluding carboxylic acids is 1. The summed E-state index contributed by atoms with van der Waals surface area (Å²) in [5.41, 5.74) is 0. The average molecular weight is 294 g/mol. The molecule has 0 bridgehead atoms. The molecule has 7 nitrogen and oxygen atoms in total. The Morgan fingerprint density at radius 3 is 2.79 bits per heavy atom. The summed E-state index contributed by atoms with van der Waals surface area (Å²) in [4.78, 5) is 11.3. The maximum absolute atomic E-state index is 12.0. The number of rotatable bonds is 5. The van der Waals surface area contributed by atoms with Crippen LogP contribution in [0.15, 0.2) is 0 Å². The van der Waals surface area contributed by atoms with Gasteiger partial charge < -0.3 is 9.84 Å². The molecular weight excluding hydrogens is 272 g/mol. The molecule has 1 fully saturated rings. The van der Waals surface area contributed by atoms with Crippen LogP contribution in [0.2, 0.25) is 0 Å². The van der Waals surface area contributed by atoms with E-state index in [2.05, 4.69) is 0 Å². The van der Waals surface area contributed by atoms with Crippen molar-refractivity contribution in [2.45, 2.75) is 39.2 Å². The van der Waals surface area contributed by atoms with Crippen molar-refractivity contribution in [1.29, 1.82) is 0 Å². The molecule has 112 valence electrons. The Morgan fingerprint density at radius 1 is 1.53 bits per heavy atom. The number of nitrogens with zero attached hydrogens (tertiary/aromatic N) is 1. The third-order valence-electron chi connectivity index (χ3n) is 2.91. The minimum absolute atomic E-state index is 0.0430. The van der Waals surface area contributed by atoms with Gasteiger partial charge in [-0.15, -0.1) is 0 Å². The Bertz CT molecular complexity index is 394. The lowest BCUT2D eigenvalue weighted by Crippen LogP contribution is -2.48. The van der Waals surface area contributed by atoms with Gasteiger partial charge in [-0.05, 0) is 39.0 Å². The minimum Gasteiger partial charge on any atom is -0.446 e. The average Bonchev–Trinajstić information content (AvgIpc) is 2.27. The molecule has 0 saturated carbocycles. The highest BCUT2D eigenvalue weighted by Gasteiger charge is 2.30. The molecule has 0 aromatic carbocycles. The van der Waals surface area contributed by atoms with Crippen molar-refractivity contribution in [2.75, 3.05) is 19.7 Å². The number of nitrogens with one attached hydrogen (secondary N) is 1. The molecule has 1 aliphatic heterocycles. The monoisotopic (exact) mass is 294 g/mol. The molecule has 1 rings (SSSR count). The second kappa shape index (κ2) is 7.06. The van der Waals surface area contributed by atoms with E-state index in [0.29, 0.717) is 19.5 Å². The molecular formula is C11H22N2O5S. The van der Waals surface area contributed by atoms with E-state index < -0.39 is 16.3 Å². The lowest BCUT2D eigenvalue weighted by molar-refractivity contribution is 0.120. The molecule has 19 heavy (non-hydrogen) atoms. The number of amides is 1. The van der Waals surface area contributed by atoms with Gasteiger partial charge >= 0.3 is 16.3 Å². The normalized spacial score (nSPS) is 21.4. The molecule has 1 amide bonds. The van der Waals surface area contributed by atoms with Crippen molar-refractivity contribution in [3.05, 3.63) is 0 Å². The molecule has 1 heterocycles. The van der Waals surface area contributed by atoms with Gasteiger partial charge in [-0.25, -0.2) is 9.52 Å². The second-order valence-electron chi connectivity index (χ2n) is 4.94. The van der Waals surface area contributed by atoms with E-state index in [1.54, 1.807) is 13.8 Å². The zero-order valence-corrected chi connectivity index (χ0v) is 12.1. The Morgan fingerprint density at radius 2 is 2.21 bits per heavy atom. The van der Waals surface area contributed by atoms with E-state index in [0.717, 1.165) is 12.8 Å². The summed E-state index contributed by atoms with van der Waals surface area (Å²) in [5, 5.41) is 8.89. The van der Waals surface area contributed by atoms with E-state index >= 15 is 0 Å². The van der Waals surface area contributed by atoms with Crippen molar-refractivity contribution in [3.8, 4) is 0 Å². The van der Waals surface area contributed by atoms with Crippen molar-refractivity contribution in [3.63, 3.8) is 0 Å². The molecule has 0 aliphatic carbocycles. The quantitative estimate of drug-likeness (QED) is 0.768. The van der Waals surface area contributed by atoms with Crippen molar-refractivity contribution in [2.24, 2.45) is 5.92 Å². The molecule has 0 aromatic heterocycles. The predicted molar refractivity (Wildman–Crippen MR) is 69.7 cm³/mol. The molecule has 0 radical (unpaired) electrons. The summed E-state index contributed by atoms with van der Waals surface area (Å²) in [5.74, 6) is 0.136. The number of carbonyl (C=O) groups is 1. The van der Waals surface area contributed by atoms with Crippen LogP contribution in [-0.4, -0.2) is 49.7 Å². The van der Waals surface area contributed by atoms with E-state index in [4.69, 9.17) is 9.84 Å². The van der Waals surface area contributed by atoms with Gasteiger partial charge in [0.25, 0.3) is 0 Å². The summed E-state index contributed by atoms with van der Waals surface area (Å²) >= 11 is 0. The number of piperidine rings is 1. The second-order valence-corrected chi connectivity index (χ2v) is 6.61. The zero-order valence-electron chi connectivity index (χ0n) is 11.3. The Labute approximate surface area is 114 Å². The lowest BCUT2D eigenvalue weighted by Gasteiger charge is -2.31. The molecule has 2 N–H and O–H groups in total. The first kappa shape index (κ1) is 16.2. The third kappa shape index (κ3) is 5.33. The van der Waals surface area contributed by atoms with Gasteiger partial charge in [-0.1, -0.05) is 0 Å². The van der Waals surface area contributed by atoms with Crippen LogP contribution in [0, 0.1) is 5.92 Å². The zero-order chi connectivity index (χ0) is 14.5. The number of hydrogen-bond acceptors (Lipinski definition) is 5. The smallest absolute Gasteiger partial charge is 0.422 e. The molecule has 0 aromatic rings. The SMILES string of the molecule is CC(C)OC(=O)NS(=O)(=O)N1CCCC(CCO)C1. The standard InChI is InChI=1S/C11H22N2O5S/c1-9(2)18-11(15)12-19(16,17)13-6-3-4-10(8-13)5-7-14/h9-10,14H,3-8H2,1-2H3,(H,12,15). The first-order chi connectivity index (χ1) is 8.85. The van der Waals surface area contributed by atoms with Crippen molar-refractivity contribution >= 4 is 16.3 Å². The Balaban J connectivity index is 2.58. The van der Waals surface area contributed by atoms with E-state index in [-0.39, 0.29) is 18.6 Å². The number of ether oxygens (including phenoxy) is 1. The van der Waals surface area contributed by atoms with Gasteiger partial charge in [0.05, 0.1) is 6.10 Å². The first-order valence-electron chi connectivity index (χ1n) is 6.44. The number of aliphatic hydroxyl groups excluding tert-OH is 1. The molecule has 1 aliphatic rings. The fraction of sp³-hybridized carbons (Fsp3) is 0.909. The van der Waals surface area contributed by atoms with Crippen LogP contribution in [0.25, 0.3) is 0 Å². The van der Waals surface area contributed by atoms with Gasteiger partial charge in [-0.3, -0.25) is 0 Å². The number of hydrogen-bond donors (Lipinski definition) is 2. The highest BCUT2D eigenvalue weighted by Crippen LogP contribution is 2.21. The van der Waals surface area contributed by atoms with Crippen molar-refractivity contribution < 1.29 is 23.1 Å². The summed E-state index contributed by atoms with van der Waals surface area (Å²) in [7, 11) is -3.85. The summed E-state index contributed by atoms with van der Waals surface area (Å²) < 4.78 is 31.8. The predicted octanol–water partition coefficient (Wildman–Crippen LogP) is 0.460. The number of aliphatic hydroxyl groups is 1. The lowest BCUT2D eigenvalue weighted by atomic mass is 9.97. The van der Waals surface area contributed by atoms with Crippen LogP contribution in [0.1, 0.15) is 33.1 Å². The molecule has 8 heteroatoms. The minimum atomic E-state index is -3.85. The molecule has 1 unspecified atom stereocenters. The van der Waals surface area contributed by atoms with E-state index in [9.17, 15) is 13.2 Å². The first-order valence-corrected chi connectivity index (χ1v) is 7.88. The van der Waals surface area contributed by atoms with Gasteiger partial charge in [0, 0.05) is 19.7 Å². The highest BCUT2D eigenvalue weighted by atomic mass is 32.2.